The van der Waals surface area contributed by atoms with Gasteiger partial charge >= 0.3 is 0 Å². The highest BCUT2D eigenvalue weighted by Gasteiger charge is 2.36. The molecule has 0 radical (unpaired) electrons. The number of carbonyl (C=O) groups is 1. The first-order valence-electron chi connectivity index (χ1n) is 8.25. The molecule has 0 N–H and O–H groups in total. The lowest BCUT2D eigenvalue weighted by molar-refractivity contribution is 0.0939. The molecule has 2 aromatic rings. The molecule has 0 spiro atoms. The van der Waals surface area contributed by atoms with E-state index in [2.05, 4.69) is 23.8 Å². The van der Waals surface area contributed by atoms with Crippen LogP contribution in [0.25, 0.3) is 5.95 Å². The van der Waals surface area contributed by atoms with Gasteiger partial charge in [-0.25, -0.2) is 9.97 Å². The highest BCUT2D eigenvalue weighted by molar-refractivity contribution is 6.02. The van der Waals surface area contributed by atoms with Gasteiger partial charge in [0.05, 0.1) is 5.69 Å². The van der Waals surface area contributed by atoms with Gasteiger partial charge in [-0.05, 0) is 36.5 Å². The van der Waals surface area contributed by atoms with E-state index >= 15 is 0 Å². The second-order valence-corrected chi connectivity index (χ2v) is 6.11. The Morgan fingerprint density at radius 3 is 2.50 bits per heavy atom. The largest absolute Gasteiger partial charge is 0.292 e. The minimum Gasteiger partial charge on any atom is -0.292 e. The molecule has 0 amide bonds. The number of ketones is 1. The van der Waals surface area contributed by atoms with Crippen LogP contribution < -0.4 is 0 Å². The number of Topliss-reactive ketones (excluding diaryl/α,β-unsaturated/α-hetero) is 1. The quantitative estimate of drug-likeness (QED) is 0.848. The lowest BCUT2D eigenvalue weighted by atomic mass is 10.00. The summed E-state index contributed by atoms with van der Waals surface area (Å²) in [5, 5.41) is 0. The standard InChI is InChI=1S/C18H23N3O/c1-4-7-13-14-11-12(3)17(22)16(14)21(15(13)8-5-2)18-19-9-6-10-20-18/h6,9-10,12H,4-5,7-8,11H2,1-3H3. The number of hydrogen-bond donors (Lipinski definition) is 0. The van der Waals surface area contributed by atoms with E-state index in [0.29, 0.717) is 5.95 Å². The van der Waals surface area contributed by atoms with E-state index in [4.69, 9.17) is 0 Å². The molecule has 3 rings (SSSR count). The maximum absolute atomic E-state index is 12.7. The third-order valence-corrected chi connectivity index (χ3v) is 4.42. The third kappa shape index (κ3) is 2.27. The molecule has 0 saturated carbocycles. The lowest BCUT2D eigenvalue weighted by Gasteiger charge is -2.12. The van der Waals surface area contributed by atoms with Crippen LogP contribution in [-0.2, 0) is 19.3 Å². The molecule has 1 aliphatic carbocycles. The summed E-state index contributed by atoms with van der Waals surface area (Å²) in [6.07, 6.45) is 8.47. The van der Waals surface area contributed by atoms with Gasteiger partial charge in [0.1, 0.15) is 0 Å². The predicted molar refractivity (Wildman–Crippen MR) is 86.5 cm³/mol. The Morgan fingerprint density at radius 1 is 1.18 bits per heavy atom. The van der Waals surface area contributed by atoms with Crippen LogP contribution in [0.1, 0.15) is 60.9 Å². The normalized spacial score (nSPS) is 17.0. The first-order chi connectivity index (χ1) is 10.7. The summed E-state index contributed by atoms with van der Waals surface area (Å²) in [5.41, 5.74) is 4.69. The van der Waals surface area contributed by atoms with Crippen molar-refractivity contribution < 1.29 is 4.79 Å². The van der Waals surface area contributed by atoms with E-state index < -0.39 is 0 Å². The Balaban J connectivity index is 2.27. The van der Waals surface area contributed by atoms with Crippen LogP contribution in [0.3, 0.4) is 0 Å². The molecular weight excluding hydrogens is 274 g/mol. The molecule has 2 aromatic heterocycles. The number of nitrogens with zero attached hydrogens (tertiary/aromatic N) is 3. The highest BCUT2D eigenvalue weighted by Crippen LogP contribution is 2.36. The molecule has 0 bridgehead atoms. The van der Waals surface area contributed by atoms with Crippen molar-refractivity contribution in [2.75, 3.05) is 0 Å². The second kappa shape index (κ2) is 6.03. The molecule has 0 aliphatic heterocycles. The fourth-order valence-electron chi connectivity index (χ4n) is 3.51. The summed E-state index contributed by atoms with van der Waals surface area (Å²) in [4.78, 5) is 21.5. The number of aromatic nitrogens is 3. The van der Waals surface area contributed by atoms with Crippen LogP contribution in [0.5, 0.6) is 0 Å². The van der Waals surface area contributed by atoms with Crippen LogP contribution in [-0.4, -0.2) is 20.3 Å². The third-order valence-electron chi connectivity index (χ3n) is 4.42. The first-order valence-corrected chi connectivity index (χ1v) is 8.25. The van der Waals surface area contributed by atoms with Crippen molar-refractivity contribution in [1.82, 2.24) is 14.5 Å². The monoisotopic (exact) mass is 297 g/mol. The lowest BCUT2D eigenvalue weighted by Crippen LogP contribution is -2.15. The highest BCUT2D eigenvalue weighted by atomic mass is 16.1. The topological polar surface area (TPSA) is 47.8 Å². The van der Waals surface area contributed by atoms with Crippen molar-refractivity contribution in [3.8, 4) is 5.95 Å². The smallest absolute Gasteiger partial charge is 0.234 e. The Bertz CT molecular complexity index is 688. The summed E-state index contributed by atoms with van der Waals surface area (Å²) in [6, 6.07) is 1.81. The molecule has 1 atom stereocenters. The zero-order valence-electron chi connectivity index (χ0n) is 13.6. The average Bonchev–Trinajstić information content (AvgIpc) is 2.97. The molecule has 2 heterocycles. The second-order valence-electron chi connectivity index (χ2n) is 6.11. The van der Waals surface area contributed by atoms with Crippen molar-refractivity contribution in [1.29, 1.82) is 0 Å². The number of fused-ring (bicyclic) bond motifs is 1. The maximum atomic E-state index is 12.7. The molecule has 116 valence electrons. The van der Waals surface area contributed by atoms with Gasteiger partial charge in [-0.15, -0.1) is 0 Å². The summed E-state index contributed by atoms with van der Waals surface area (Å²) >= 11 is 0. The van der Waals surface area contributed by atoms with Crippen molar-refractivity contribution in [2.45, 2.75) is 52.9 Å². The Labute approximate surface area is 131 Å². The minimum absolute atomic E-state index is 0.0752. The summed E-state index contributed by atoms with van der Waals surface area (Å²) in [6.45, 7) is 6.39. The minimum atomic E-state index is 0.0752. The van der Waals surface area contributed by atoms with Crippen LogP contribution in [0.2, 0.25) is 0 Å². The molecule has 1 unspecified atom stereocenters. The molecule has 0 fully saturated rings. The Kier molecular flexibility index (Phi) is 4.10. The van der Waals surface area contributed by atoms with Gasteiger partial charge in [-0.1, -0.05) is 33.6 Å². The van der Waals surface area contributed by atoms with Gasteiger partial charge in [0.15, 0.2) is 5.78 Å². The summed E-state index contributed by atoms with van der Waals surface area (Å²) < 4.78 is 2.04. The molecule has 0 saturated heterocycles. The predicted octanol–water partition coefficient (Wildman–Crippen LogP) is 3.55. The number of hydrogen-bond acceptors (Lipinski definition) is 3. The Hall–Kier alpha value is -1.97. The van der Waals surface area contributed by atoms with Gasteiger partial charge in [0, 0.05) is 24.0 Å². The van der Waals surface area contributed by atoms with Gasteiger partial charge in [-0.2, -0.15) is 0 Å². The summed E-state index contributed by atoms with van der Waals surface area (Å²) in [7, 11) is 0. The fourth-order valence-corrected chi connectivity index (χ4v) is 3.51. The number of rotatable bonds is 5. The van der Waals surface area contributed by atoms with E-state index in [0.717, 1.165) is 37.8 Å². The molecule has 4 nitrogen and oxygen atoms in total. The van der Waals surface area contributed by atoms with E-state index in [1.807, 2.05) is 17.6 Å². The van der Waals surface area contributed by atoms with Crippen molar-refractivity contribution >= 4 is 5.78 Å². The van der Waals surface area contributed by atoms with Crippen molar-refractivity contribution in [3.05, 3.63) is 41.0 Å². The van der Waals surface area contributed by atoms with E-state index in [-0.39, 0.29) is 11.7 Å². The van der Waals surface area contributed by atoms with Gasteiger partial charge < -0.3 is 0 Å². The zero-order valence-corrected chi connectivity index (χ0v) is 13.6. The number of carbonyl (C=O) groups excluding carboxylic acids is 1. The van der Waals surface area contributed by atoms with Crippen molar-refractivity contribution in [2.24, 2.45) is 5.92 Å². The maximum Gasteiger partial charge on any atom is 0.234 e. The molecule has 1 aliphatic rings. The van der Waals surface area contributed by atoms with E-state index in [9.17, 15) is 4.79 Å². The Morgan fingerprint density at radius 2 is 1.86 bits per heavy atom. The van der Waals surface area contributed by atoms with E-state index in [1.165, 1.54) is 16.8 Å². The first kappa shape index (κ1) is 14.9. The van der Waals surface area contributed by atoms with Gasteiger partial charge in [-0.3, -0.25) is 9.36 Å². The van der Waals surface area contributed by atoms with E-state index in [1.54, 1.807) is 12.4 Å². The van der Waals surface area contributed by atoms with Gasteiger partial charge in [0.25, 0.3) is 0 Å². The zero-order chi connectivity index (χ0) is 15.7. The van der Waals surface area contributed by atoms with Crippen molar-refractivity contribution in [3.63, 3.8) is 0 Å². The summed E-state index contributed by atoms with van der Waals surface area (Å²) in [5.74, 6) is 0.945. The average molecular weight is 297 g/mol. The molecule has 0 aromatic carbocycles. The molecule has 4 heteroatoms. The fraction of sp³-hybridized carbons (Fsp3) is 0.500. The molecule has 22 heavy (non-hydrogen) atoms. The van der Waals surface area contributed by atoms with Crippen LogP contribution in [0, 0.1) is 5.92 Å². The van der Waals surface area contributed by atoms with Crippen LogP contribution in [0.4, 0.5) is 0 Å². The van der Waals surface area contributed by atoms with Gasteiger partial charge in [0.2, 0.25) is 5.95 Å². The van der Waals surface area contributed by atoms with Crippen LogP contribution in [0.15, 0.2) is 18.5 Å². The van der Waals surface area contributed by atoms with Crippen LogP contribution >= 0.6 is 0 Å². The SMILES string of the molecule is CCCc1c2c(n(-c3ncccn3)c1CCC)C(=O)C(C)C2. The molecular formula is C18H23N3O.